The first-order valence-corrected chi connectivity index (χ1v) is 17.7. The second-order valence-corrected chi connectivity index (χ2v) is 11.8. The van der Waals surface area contributed by atoms with E-state index < -0.39 is 0 Å². The monoisotopic (exact) mass is 597 g/mol. The maximum Gasteiger partial charge on any atom is 0.161 e. The van der Waals surface area contributed by atoms with E-state index in [1.54, 1.807) is 0 Å². The SMILES string of the molecule is CCCCCCOc1ccc(CNCc2ccc(OCCCCCC)c(OCCCCCC)c2)cc1OCCCCCC. The smallest absolute Gasteiger partial charge is 0.161 e. The van der Waals surface area contributed by atoms with Crippen molar-refractivity contribution in [2.75, 3.05) is 26.4 Å². The number of ether oxygens (including phenoxy) is 4. The quantitative estimate of drug-likeness (QED) is 0.0989. The number of hydrogen-bond donors (Lipinski definition) is 1. The standard InChI is InChI=1S/C38H63NO4/c1-5-9-13-17-25-40-35-23-21-33(29-37(35)42-27-19-15-11-7-3)31-39-32-34-22-24-36(41-26-18-14-10-6-2)38(30-34)43-28-20-16-12-8-4/h21-24,29-30,39H,5-20,25-28,31-32H2,1-4H3. The molecule has 0 fully saturated rings. The molecule has 0 atom stereocenters. The second-order valence-electron chi connectivity index (χ2n) is 11.8. The fourth-order valence-electron chi connectivity index (χ4n) is 4.98. The van der Waals surface area contributed by atoms with Gasteiger partial charge in [0.2, 0.25) is 0 Å². The molecule has 5 heteroatoms. The maximum atomic E-state index is 6.23. The molecule has 0 aromatic heterocycles. The van der Waals surface area contributed by atoms with Crippen LogP contribution in [-0.2, 0) is 13.1 Å². The molecule has 0 heterocycles. The first-order valence-electron chi connectivity index (χ1n) is 17.7. The maximum absolute atomic E-state index is 6.23. The molecule has 5 nitrogen and oxygen atoms in total. The zero-order valence-electron chi connectivity index (χ0n) is 28.2. The zero-order chi connectivity index (χ0) is 30.8. The molecule has 0 aliphatic rings. The van der Waals surface area contributed by atoms with Crippen LogP contribution in [0.25, 0.3) is 0 Å². The van der Waals surface area contributed by atoms with Gasteiger partial charge in [0, 0.05) is 13.1 Å². The summed E-state index contributed by atoms with van der Waals surface area (Å²) < 4.78 is 24.7. The van der Waals surface area contributed by atoms with Crippen molar-refractivity contribution in [3.8, 4) is 23.0 Å². The van der Waals surface area contributed by atoms with E-state index >= 15 is 0 Å². The van der Waals surface area contributed by atoms with E-state index in [2.05, 4.69) is 69.4 Å². The molecular weight excluding hydrogens is 534 g/mol. The lowest BCUT2D eigenvalue weighted by atomic mass is 10.1. The molecule has 0 aliphatic carbocycles. The lowest BCUT2D eigenvalue weighted by Gasteiger charge is -2.16. The molecule has 2 aromatic carbocycles. The largest absolute Gasteiger partial charge is 0.490 e. The molecule has 43 heavy (non-hydrogen) atoms. The highest BCUT2D eigenvalue weighted by molar-refractivity contribution is 5.44. The minimum atomic E-state index is 0.733. The van der Waals surface area contributed by atoms with Crippen LogP contribution in [-0.4, -0.2) is 26.4 Å². The number of hydrogen-bond acceptors (Lipinski definition) is 5. The Hall–Kier alpha value is -2.40. The van der Waals surface area contributed by atoms with Crippen molar-refractivity contribution in [1.82, 2.24) is 5.32 Å². The van der Waals surface area contributed by atoms with Gasteiger partial charge < -0.3 is 24.3 Å². The van der Waals surface area contributed by atoms with Gasteiger partial charge >= 0.3 is 0 Å². The average molecular weight is 598 g/mol. The van der Waals surface area contributed by atoms with Crippen molar-refractivity contribution in [3.63, 3.8) is 0 Å². The van der Waals surface area contributed by atoms with Crippen LogP contribution in [0.3, 0.4) is 0 Å². The van der Waals surface area contributed by atoms with Gasteiger partial charge in [0.1, 0.15) is 0 Å². The van der Waals surface area contributed by atoms with Crippen molar-refractivity contribution in [2.45, 2.75) is 144 Å². The molecule has 0 unspecified atom stereocenters. The van der Waals surface area contributed by atoms with Crippen molar-refractivity contribution < 1.29 is 18.9 Å². The summed E-state index contributed by atoms with van der Waals surface area (Å²) in [5.74, 6) is 3.46. The van der Waals surface area contributed by atoms with E-state index in [1.807, 2.05) is 0 Å². The van der Waals surface area contributed by atoms with Crippen LogP contribution in [0, 0.1) is 0 Å². The van der Waals surface area contributed by atoms with Crippen LogP contribution in [0.15, 0.2) is 36.4 Å². The molecule has 0 saturated heterocycles. The third-order valence-electron chi connectivity index (χ3n) is 7.70. The molecule has 0 amide bonds. The molecule has 0 saturated carbocycles. The molecule has 0 bridgehead atoms. The highest BCUT2D eigenvalue weighted by atomic mass is 16.5. The van der Waals surface area contributed by atoms with Crippen LogP contribution in [0.4, 0.5) is 0 Å². The number of unbranched alkanes of at least 4 members (excludes halogenated alkanes) is 12. The number of nitrogens with one attached hydrogen (secondary N) is 1. The third-order valence-corrected chi connectivity index (χ3v) is 7.70. The average Bonchev–Trinajstić information content (AvgIpc) is 3.02. The summed E-state index contributed by atoms with van der Waals surface area (Å²) in [4.78, 5) is 0. The van der Waals surface area contributed by atoms with E-state index in [0.29, 0.717) is 0 Å². The van der Waals surface area contributed by atoms with E-state index in [1.165, 1.54) is 88.2 Å². The third kappa shape index (κ3) is 16.9. The van der Waals surface area contributed by atoms with Gasteiger partial charge in [0.05, 0.1) is 26.4 Å². The van der Waals surface area contributed by atoms with Crippen molar-refractivity contribution >= 4 is 0 Å². The minimum Gasteiger partial charge on any atom is -0.490 e. The molecule has 1 N–H and O–H groups in total. The van der Waals surface area contributed by atoms with E-state index in [9.17, 15) is 0 Å². The molecule has 0 radical (unpaired) electrons. The van der Waals surface area contributed by atoms with Crippen LogP contribution >= 0.6 is 0 Å². The molecule has 244 valence electrons. The first-order chi connectivity index (χ1) is 21.2. The Bertz CT molecular complexity index is 872. The number of rotatable bonds is 28. The van der Waals surface area contributed by atoms with Crippen molar-refractivity contribution in [1.29, 1.82) is 0 Å². The van der Waals surface area contributed by atoms with Gasteiger partial charge in [-0.2, -0.15) is 0 Å². The van der Waals surface area contributed by atoms with Gasteiger partial charge in [-0.05, 0) is 61.1 Å². The fraction of sp³-hybridized carbons (Fsp3) is 0.684. The highest BCUT2D eigenvalue weighted by Gasteiger charge is 2.10. The minimum absolute atomic E-state index is 0.733. The lowest BCUT2D eigenvalue weighted by Crippen LogP contribution is -2.13. The van der Waals surface area contributed by atoms with Gasteiger partial charge in [0.25, 0.3) is 0 Å². The summed E-state index contributed by atoms with van der Waals surface area (Å²) in [7, 11) is 0. The summed E-state index contributed by atoms with van der Waals surface area (Å²) >= 11 is 0. The number of benzene rings is 2. The predicted octanol–water partition coefficient (Wildman–Crippen LogP) is 10.8. The van der Waals surface area contributed by atoms with Gasteiger partial charge in [-0.1, -0.05) is 117 Å². The Morgan fingerprint density at radius 3 is 1.05 bits per heavy atom. The molecule has 0 spiro atoms. The van der Waals surface area contributed by atoms with Gasteiger partial charge in [-0.25, -0.2) is 0 Å². The Morgan fingerprint density at radius 1 is 0.395 bits per heavy atom. The van der Waals surface area contributed by atoms with Crippen LogP contribution in [0.1, 0.15) is 142 Å². The van der Waals surface area contributed by atoms with E-state index in [4.69, 9.17) is 18.9 Å². The van der Waals surface area contributed by atoms with E-state index in [-0.39, 0.29) is 0 Å². The highest BCUT2D eigenvalue weighted by Crippen LogP contribution is 2.31. The molecular formula is C38H63NO4. The molecule has 0 aliphatic heterocycles. The first kappa shape index (κ1) is 36.8. The summed E-state index contributed by atoms with van der Waals surface area (Å²) in [6.45, 7) is 13.4. The summed E-state index contributed by atoms with van der Waals surface area (Å²) in [5.41, 5.74) is 2.39. The van der Waals surface area contributed by atoms with Crippen LogP contribution in [0.5, 0.6) is 23.0 Å². The lowest BCUT2D eigenvalue weighted by molar-refractivity contribution is 0.258. The second kappa shape index (κ2) is 25.0. The topological polar surface area (TPSA) is 49.0 Å². The van der Waals surface area contributed by atoms with E-state index in [0.717, 1.165) is 88.2 Å². The zero-order valence-corrected chi connectivity index (χ0v) is 28.2. The van der Waals surface area contributed by atoms with Crippen LogP contribution in [0.2, 0.25) is 0 Å². The molecule has 2 aromatic rings. The normalized spacial score (nSPS) is 11.1. The summed E-state index contributed by atoms with van der Waals surface area (Å²) in [6.07, 6.45) is 19.1. The summed E-state index contributed by atoms with van der Waals surface area (Å²) in [6, 6.07) is 12.8. The Kier molecular flexibility index (Phi) is 21.4. The Labute approximate surface area is 264 Å². The Morgan fingerprint density at radius 2 is 0.721 bits per heavy atom. The predicted molar refractivity (Wildman–Crippen MR) is 182 cm³/mol. The van der Waals surface area contributed by atoms with Crippen molar-refractivity contribution in [3.05, 3.63) is 47.5 Å². The van der Waals surface area contributed by atoms with Crippen LogP contribution < -0.4 is 24.3 Å². The summed E-state index contributed by atoms with van der Waals surface area (Å²) in [5, 5.41) is 3.62. The van der Waals surface area contributed by atoms with Gasteiger partial charge in [-0.3, -0.25) is 0 Å². The van der Waals surface area contributed by atoms with Crippen molar-refractivity contribution in [2.24, 2.45) is 0 Å². The molecule has 2 rings (SSSR count). The fourth-order valence-corrected chi connectivity index (χ4v) is 4.98. The van der Waals surface area contributed by atoms with Gasteiger partial charge in [-0.15, -0.1) is 0 Å². The Balaban J connectivity index is 1.97. The van der Waals surface area contributed by atoms with Gasteiger partial charge in [0.15, 0.2) is 23.0 Å².